The molecule has 0 spiro atoms. The molecule has 1 fully saturated rings. The lowest BCUT2D eigenvalue weighted by molar-refractivity contribution is -0.119. The average molecular weight is 349 g/mol. The Bertz CT molecular complexity index is 606. The molecule has 7 heteroatoms. The molecule has 2 amide bonds. The molecule has 25 heavy (non-hydrogen) atoms. The van der Waals surface area contributed by atoms with Crippen molar-refractivity contribution in [2.75, 3.05) is 46.9 Å². The normalized spacial score (nSPS) is 20.6. The van der Waals surface area contributed by atoms with Crippen molar-refractivity contribution in [1.82, 2.24) is 9.80 Å². The second-order valence-corrected chi connectivity index (χ2v) is 6.91. The van der Waals surface area contributed by atoms with Crippen molar-refractivity contribution in [2.45, 2.75) is 6.42 Å². The molecule has 0 radical (unpaired) electrons. The summed E-state index contributed by atoms with van der Waals surface area (Å²) in [5, 5.41) is 9.56. The first kappa shape index (κ1) is 19.2. The summed E-state index contributed by atoms with van der Waals surface area (Å²) in [4.78, 5) is 27.6. The van der Waals surface area contributed by atoms with Crippen molar-refractivity contribution < 1.29 is 19.4 Å². The molecule has 1 aliphatic rings. The molecule has 1 aromatic carbocycles. The molecule has 2 rings (SSSR count). The molecular formula is C18H27N3O4. The minimum absolute atomic E-state index is 0.0788. The second-order valence-electron chi connectivity index (χ2n) is 6.91. The van der Waals surface area contributed by atoms with Crippen molar-refractivity contribution in [2.24, 2.45) is 17.6 Å². The molecule has 0 aliphatic carbocycles. The minimum Gasteiger partial charge on any atom is -0.484 e. The molecule has 1 aromatic rings. The Labute approximate surface area is 148 Å². The van der Waals surface area contributed by atoms with E-state index in [1.165, 1.54) is 0 Å². The number of hydrogen-bond donors (Lipinski definition) is 2. The van der Waals surface area contributed by atoms with Crippen molar-refractivity contribution in [1.29, 1.82) is 0 Å². The van der Waals surface area contributed by atoms with Crippen molar-refractivity contribution in [3.63, 3.8) is 0 Å². The number of nitrogens with two attached hydrogens (primary N) is 1. The Morgan fingerprint density at radius 3 is 2.68 bits per heavy atom. The number of aliphatic hydroxyl groups excluding tert-OH is 1. The van der Waals surface area contributed by atoms with Gasteiger partial charge in [-0.2, -0.15) is 0 Å². The van der Waals surface area contributed by atoms with Gasteiger partial charge in [0.25, 0.3) is 11.8 Å². The first-order valence-corrected chi connectivity index (χ1v) is 8.45. The number of aliphatic hydroxyl groups is 1. The molecular weight excluding hydrogens is 322 g/mol. The van der Waals surface area contributed by atoms with Crippen LogP contribution in [0.1, 0.15) is 16.8 Å². The molecule has 138 valence electrons. The zero-order valence-electron chi connectivity index (χ0n) is 14.9. The van der Waals surface area contributed by atoms with E-state index in [9.17, 15) is 14.7 Å². The lowest BCUT2D eigenvalue weighted by atomic mass is 9.89. The highest BCUT2D eigenvalue weighted by molar-refractivity contribution is 5.94. The number of carbonyl (C=O) groups excluding carboxylic acids is 2. The third kappa shape index (κ3) is 5.72. The summed E-state index contributed by atoms with van der Waals surface area (Å²) < 4.78 is 5.27. The van der Waals surface area contributed by atoms with E-state index in [4.69, 9.17) is 10.5 Å². The molecule has 1 saturated heterocycles. The quantitative estimate of drug-likeness (QED) is 0.732. The fourth-order valence-electron chi connectivity index (χ4n) is 3.32. The van der Waals surface area contributed by atoms with Crippen LogP contribution in [0.4, 0.5) is 0 Å². The summed E-state index contributed by atoms with van der Waals surface area (Å²) in [6, 6.07) is 6.74. The van der Waals surface area contributed by atoms with Crippen LogP contribution in [0.15, 0.2) is 24.3 Å². The van der Waals surface area contributed by atoms with E-state index in [1.54, 1.807) is 29.2 Å². The number of carbonyl (C=O) groups is 2. The van der Waals surface area contributed by atoms with E-state index in [1.807, 2.05) is 14.1 Å². The number of hydrogen-bond acceptors (Lipinski definition) is 5. The van der Waals surface area contributed by atoms with Gasteiger partial charge in [-0.15, -0.1) is 0 Å². The topological polar surface area (TPSA) is 96.1 Å². The lowest BCUT2D eigenvalue weighted by Gasteiger charge is -2.38. The van der Waals surface area contributed by atoms with Crippen LogP contribution in [-0.2, 0) is 4.79 Å². The second kappa shape index (κ2) is 8.82. The van der Waals surface area contributed by atoms with E-state index in [-0.39, 0.29) is 25.0 Å². The zero-order chi connectivity index (χ0) is 18.4. The SMILES string of the molecule is CN(C)C[C@H]1C[C@H](CO)CN(C(=O)c2cccc(OCC(N)=O)c2)C1. The first-order chi connectivity index (χ1) is 11.9. The van der Waals surface area contributed by atoms with E-state index < -0.39 is 5.91 Å². The Morgan fingerprint density at radius 1 is 1.32 bits per heavy atom. The van der Waals surface area contributed by atoms with Crippen LogP contribution in [-0.4, -0.2) is 73.7 Å². The number of likely N-dealkylation sites (tertiary alicyclic amines) is 1. The molecule has 0 aromatic heterocycles. The van der Waals surface area contributed by atoms with Crippen LogP contribution in [0, 0.1) is 11.8 Å². The van der Waals surface area contributed by atoms with Gasteiger partial charge < -0.3 is 25.4 Å². The van der Waals surface area contributed by atoms with Gasteiger partial charge in [-0.25, -0.2) is 0 Å². The predicted molar refractivity (Wildman–Crippen MR) is 94.3 cm³/mol. The highest BCUT2D eigenvalue weighted by atomic mass is 16.5. The number of ether oxygens (including phenoxy) is 1. The molecule has 0 unspecified atom stereocenters. The summed E-state index contributed by atoms with van der Waals surface area (Å²) in [6.07, 6.45) is 0.917. The number of rotatable bonds is 7. The largest absolute Gasteiger partial charge is 0.484 e. The average Bonchev–Trinajstić information content (AvgIpc) is 2.58. The van der Waals surface area contributed by atoms with E-state index in [0.717, 1.165) is 13.0 Å². The van der Waals surface area contributed by atoms with Gasteiger partial charge in [0.05, 0.1) is 0 Å². The van der Waals surface area contributed by atoms with Gasteiger partial charge in [-0.3, -0.25) is 9.59 Å². The molecule has 1 heterocycles. The summed E-state index contributed by atoms with van der Waals surface area (Å²) in [6.45, 7) is 1.95. The number of nitrogens with zero attached hydrogens (tertiary/aromatic N) is 2. The Balaban J connectivity index is 2.09. The molecule has 2 atom stereocenters. The standard InChI is InChI=1S/C18H27N3O4/c1-20(2)8-13-6-14(11-22)10-21(9-13)18(24)15-4-3-5-16(7-15)25-12-17(19)23/h3-5,7,13-14,22H,6,8-12H2,1-2H3,(H2,19,23)/t13-,14+/m1/s1. The summed E-state index contributed by atoms with van der Waals surface area (Å²) >= 11 is 0. The van der Waals surface area contributed by atoms with Crippen LogP contribution in [0.25, 0.3) is 0 Å². The van der Waals surface area contributed by atoms with Gasteiger partial charge >= 0.3 is 0 Å². The van der Waals surface area contributed by atoms with E-state index in [2.05, 4.69) is 4.90 Å². The first-order valence-electron chi connectivity index (χ1n) is 8.45. The summed E-state index contributed by atoms with van der Waals surface area (Å²) in [5.41, 5.74) is 5.58. The predicted octanol–water partition coefficient (Wildman–Crippen LogP) is 0.183. The fraction of sp³-hybridized carbons (Fsp3) is 0.556. The van der Waals surface area contributed by atoms with Crippen LogP contribution in [0.5, 0.6) is 5.75 Å². The number of benzene rings is 1. The Hall–Kier alpha value is -2.12. The smallest absolute Gasteiger partial charge is 0.255 e. The number of amides is 2. The van der Waals surface area contributed by atoms with Crippen LogP contribution < -0.4 is 10.5 Å². The molecule has 7 nitrogen and oxygen atoms in total. The van der Waals surface area contributed by atoms with Crippen molar-refractivity contribution in [3.8, 4) is 5.75 Å². The van der Waals surface area contributed by atoms with Gasteiger partial charge in [0, 0.05) is 31.8 Å². The Kier molecular flexibility index (Phi) is 6.78. The monoisotopic (exact) mass is 349 g/mol. The molecule has 0 bridgehead atoms. The van der Waals surface area contributed by atoms with Crippen molar-refractivity contribution >= 4 is 11.8 Å². The van der Waals surface area contributed by atoms with Crippen LogP contribution in [0.3, 0.4) is 0 Å². The fourth-order valence-corrected chi connectivity index (χ4v) is 3.32. The Morgan fingerprint density at radius 2 is 2.04 bits per heavy atom. The molecule has 1 aliphatic heterocycles. The highest BCUT2D eigenvalue weighted by Crippen LogP contribution is 2.24. The van der Waals surface area contributed by atoms with Gasteiger partial charge in [0.15, 0.2) is 6.61 Å². The van der Waals surface area contributed by atoms with Crippen LogP contribution in [0.2, 0.25) is 0 Å². The maximum absolute atomic E-state index is 12.9. The number of piperidine rings is 1. The molecule has 0 saturated carbocycles. The number of primary amides is 1. The third-order valence-corrected chi connectivity index (χ3v) is 4.25. The van der Waals surface area contributed by atoms with Crippen LogP contribution >= 0.6 is 0 Å². The van der Waals surface area contributed by atoms with E-state index >= 15 is 0 Å². The lowest BCUT2D eigenvalue weighted by Crippen LogP contribution is -2.47. The minimum atomic E-state index is -0.565. The van der Waals surface area contributed by atoms with Gasteiger partial charge in [-0.1, -0.05) is 6.07 Å². The van der Waals surface area contributed by atoms with Gasteiger partial charge in [0.1, 0.15) is 5.75 Å². The summed E-state index contributed by atoms with van der Waals surface area (Å²) in [5.74, 6) is 0.206. The maximum atomic E-state index is 12.9. The zero-order valence-corrected chi connectivity index (χ0v) is 14.9. The highest BCUT2D eigenvalue weighted by Gasteiger charge is 2.30. The molecule has 3 N–H and O–H groups in total. The van der Waals surface area contributed by atoms with Crippen molar-refractivity contribution in [3.05, 3.63) is 29.8 Å². The third-order valence-electron chi connectivity index (χ3n) is 4.25. The maximum Gasteiger partial charge on any atom is 0.255 e. The van der Waals surface area contributed by atoms with E-state index in [0.29, 0.717) is 30.3 Å². The van der Waals surface area contributed by atoms with Gasteiger partial charge in [-0.05, 0) is 50.6 Å². The summed E-state index contributed by atoms with van der Waals surface area (Å²) in [7, 11) is 4.02. The van der Waals surface area contributed by atoms with Gasteiger partial charge in [0.2, 0.25) is 0 Å².